The van der Waals surface area contributed by atoms with E-state index in [0.717, 1.165) is 5.56 Å². The van der Waals surface area contributed by atoms with Crippen molar-refractivity contribution in [3.8, 4) is 0 Å². The number of hydrogen-bond donors (Lipinski definition) is 4. The quantitative estimate of drug-likeness (QED) is 0.609. The van der Waals surface area contributed by atoms with Gasteiger partial charge in [0.2, 0.25) is 0 Å². The zero-order valence-corrected chi connectivity index (χ0v) is 11.2. The maximum Gasteiger partial charge on any atom is 0.306 e. The van der Waals surface area contributed by atoms with Gasteiger partial charge in [-0.15, -0.1) is 0 Å². The molecule has 0 fully saturated rings. The fourth-order valence-electron chi connectivity index (χ4n) is 2.45. The first-order valence-electron chi connectivity index (χ1n) is 5.69. The number of hydrogen-bond acceptors (Lipinski definition) is 4. The predicted molar refractivity (Wildman–Crippen MR) is 71.3 cm³/mol. The topological polar surface area (TPSA) is 110 Å². The van der Waals surface area contributed by atoms with E-state index in [1.807, 2.05) is 0 Å². The molecule has 0 bridgehead atoms. The second kappa shape index (κ2) is 4.49. The number of carboxylic acid groups (broad SMARTS) is 1. The van der Waals surface area contributed by atoms with Gasteiger partial charge in [-0.2, -0.15) is 0 Å². The second-order valence-corrected chi connectivity index (χ2v) is 4.92. The molecule has 1 unspecified atom stereocenters. The lowest BCUT2D eigenvalue weighted by atomic mass is 9.83. The summed E-state index contributed by atoms with van der Waals surface area (Å²) in [5, 5.41) is 19.2. The monoisotopic (exact) mass is 252 g/mol. The molecular weight excluding hydrogens is 232 g/mol. The summed E-state index contributed by atoms with van der Waals surface area (Å²) >= 11 is 0. The van der Waals surface area contributed by atoms with E-state index in [2.05, 4.69) is 0 Å². The number of rotatable bonds is 3. The third-order valence-corrected chi connectivity index (χ3v) is 3.40. The first-order valence-corrected chi connectivity index (χ1v) is 5.69. The summed E-state index contributed by atoms with van der Waals surface area (Å²) in [6.45, 7) is 6.80. The summed E-state index contributed by atoms with van der Waals surface area (Å²) in [5.74, 6) is -1.07. The Hall–Kier alpha value is -1.75. The van der Waals surface area contributed by atoms with Crippen LogP contribution in [0.25, 0.3) is 0 Å². The Bertz CT molecular complexity index is 478. The van der Waals surface area contributed by atoms with Crippen LogP contribution in [0.5, 0.6) is 0 Å². The summed E-state index contributed by atoms with van der Waals surface area (Å²) in [5.41, 5.74) is 14.0. The summed E-state index contributed by atoms with van der Waals surface area (Å²) < 4.78 is 0. The summed E-state index contributed by atoms with van der Waals surface area (Å²) in [7, 11) is 0. The minimum Gasteiger partial charge on any atom is -0.481 e. The molecule has 1 aromatic carbocycles. The lowest BCUT2D eigenvalue weighted by molar-refractivity contribution is -0.142. The molecule has 100 valence electrons. The Balaban J connectivity index is 3.55. The van der Waals surface area contributed by atoms with Gasteiger partial charge in [-0.1, -0.05) is 0 Å². The fraction of sp³-hybridized carbons (Fsp3) is 0.462. The van der Waals surface area contributed by atoms with Gasteiger partial charge in [0.05, 0.1) is 12.0 Å². The van der Waals surface area contributed by atoms with Gasteiger partial charge in [-0.05, 0) is 49.9 Å². The Morgan fingerprint density at radius 1 is 1.11 bits per heavy atom. The van der Waals surface area contributed by atoms with Gasteiger partial charge in [0.25, 0.3) is 0 Å². The van der Waals surface area contributed by atoms with Crippen molar-refractivity contribution in [1.29, 1.82) is 0 Å². The van der Waals surface area contributed by atoms with Crippen molar-refractivity contribution in [3.05, 3.63) is 22.3 Å². The number of nitrogens with two attached hydrogens (primary N) is 2. The SMILES string of the molecule is Cc1c(N)c(C)c(C(C)(O)CC(=O)O)c(C)c1N. The van der Waals surface area contributed by atoms with E-state index in [0.29, 0.717) is 28.1 Å². The van der Waals surface area contributed by atoms with Crippen LogP contribution >= 0.6 is 0 Å². The summed E-state index contributed by atoms with van der Waals surface area (Å²) in [4.78, 5) is 10.8. The highest BCUT2D eigenvalue weighted by atomic mass is 16.4. The van der Waals surface area contributed by atoms with Crippen molar-refractivity contribution in [2.75, 3.05) is 11.5 Å². The molecule has 0 aliphatic rings. The third kappa shape index (κ3) is 2.26. The molecule has 1 aromatic rings. The van der Waals surface area contributed by atoms with E-state index < -0.39 is 18.0 Å². The van der Waals surface area contributed by atoms with Gasteiger partial charge in [0, 0.05) is 11.4 Å². The van der Waals surface area contributed by atoms with Gasteiger partial charge >= 0.3 is 5.97 Å². The van der Waals surface area contributed by atoms with Crippen LogP contribution in [-0.4, -0.2) is 16.2 Å². The van der Waals surface area contributed by atoms with Gasteiger partial charge in [0.1, 0.15) is 0 Å². The highest BCUT2D eigenvalue weighted by Crippen LogP contribution is 2.38. The van der Waals surface area contributed by atoms with Crippen LogP contribution in [-0.2, 0) is 10.4 Å². The number of anilines is 2. The van der Waals surface area contributed by atoms with Crippen molar-refractivity contribution >= 4 is 17.3 Å². The highest BCUT2D eigenvalue weighted by molar-refractivity contribution is 5.74. The smallest absolute Gasteiger partial charge is 0.306 e. The molecule has 0 amide bonds. The molecular formula is C13H20N2O3. The van der Waals surface area contributed by atoms with E-state index in [9.17, 15) is 9.90 Å². The number of nitrogen functional groups attached to an aromatic ring is 2. The van der Waals surface area contributed by atoms with Crippen LogP contribution < -0.4 is 11.5 Å². The Morgan fingerprint density at radius 2 is 1.50 bits per heavy atom. The van der Waals surface area contributed by atoms with Crippen LogP contribution in [0, 0.1) is 20.8 Å². The molecule has 5 heteroatoms. The molecule has 0 aliphatic carbocycles. The number of carbonyl (C=O) groups is 1. The molecule has 0 spiro atoms. The Morgan fingerprint density at radius 3 is 1.83 bits per heavy atom. The summed E-state index contributed by atoms with van der Waals surface area (Å²) in [6.07, 6.45) is -0.392. The van der Waals surface area contributed by atoms with Crippen LogP contribution in [0.1, 0.15) is 35.6 Å². The lowest BCUT2D eigenvalue weighted by Gasteiger charge is -2.28. The van der Waals surface area contributed by atoms with Crippen LogP contribution in [0.4, 0.5) is 11.4 Å². The third-order valence-electron chi connectivity index (χ3n) is 3.40. The van der Waals surface area contributed by atoms with E-state index >= 15 is 0 Å². The van der Waals surface area contributed by atoms with Crippen molar-refractivity contribution < 1.29 is 15.0 Å². The molecule has 0 aliphatic heterocycles. The van der Waals surface area contributed by atoms with Crippen LogP contribution in [0.3, 0.4) is 0 Å². The van der Waals surface area contributed by atoms with Crippen molar-refractivity contribution in [2.45, 2.75) is 39.7 Å². The summed E-state index contributed by atoms with van der Waals surface area (Å²) in [6, 6.07) is 0. The maximum atomic E-state index is 10.8. The number of carboxylic acids is 1. The molecule has 0 heterocycles. The number of aliphatic hydroxyl groups is 1. The lowest BCUT2D eigenvalue weighted by Crippen LogP contribution is -2.28. The van der Waals surface area contributed by atoms with Crippen LogP contribution in [0.15, 0.2) is 0 Å². The average Bonchev–Trinajstić information content (AvgIpc) is 2.21. The van der Waals surface area contributed by atoms with Gasteiger partial charge in [-0.25, -0.2) is 0 Å². The first kappa shape index (κ1) is 14.3. The molecule has 0 saturated heterocycles. The zero-order chi connectivity index (χ0) is 14.2. The molecule has 0 radical (unpaired) electrons. The van der Waals surface area contributed by atoms with Crippen molar-refractivity contribution in [3.63, 3.8) is 0 Å². The molecule has 1 atom stereocenters. The van der Waals surface area contributed by atoms with E-state index in [1.54, 1.807) is 20.8 Å². The minimum absolute atomic E-state index is 0.392. The zero-order valence-electron chi connectivity index (χ0n) is 11.2. The van der Waals surface area contributed by atoms with E-state index in [-0.39, 0.29) is 0 Å². The molecule has 0 aromatic heterocycles. The van der Waals surface area contributed by atoms with E-state index in [1.165, 1.54) is 6.92 Å². The molecule has 1 rings (SSSR count). The molecule has 6 N–H and O–H groups in total. The predicted octanol–water partition coefficient (Wildman–Crippen LogP) is 1.46. The van der Waals surface area contributed by atoms with Gasteiger partial charge in [-0.3, -0.25) is 4.79 Å². The fourth-order valence-corrected chi connectivity index (χ4v) is 2.45. The molecule has 5 nitrogen and oxygen atoms in total. The Labute approximate surface area is 106 Å². The van der Waals surface area contributed by atoms with Crippen molar-refractivity contribution in [1.82, 2.24) is 0 Å². The first-order chi connectivity index (χ1) is 8.09. The Kier molecular flexibility index (Phi) is 3.57. The van der Waals surface area contributed by atoms with Gasteiger partial charge in [0.15, 0.2) is 0 Å². The average molecular weight is 252 g/mol. The second-order valence-electron chi connectivity index (χ2n) is 4.92. The normalized spacial score (nSPS) is 14.3. The maximum absolute atomic E-state index is 10.8. The highest BCUT2D eigenvalue weighted by Gasteiger charge is 2.32. The molecule has 0 saturated carbocycles. The minimum atomic E-state index is -1.49. The number of benzene rings is 1. The van der Waals surface area contributed by atoms with E-state index in [4.69, 9.17) is 16.6 Å². The standard InChI is InChI=1S/C13H20N2O3/c1-6-10(13(4,18)5-9(16)17)7(2)12(15)8(3)11(6)14/h18H,5,14-15H2,1-4H3,(H,16,17). The van der Waals surface area contributed by atoms with Gasteiger partial charge < -0.3 is 21.7 Å². The number of aliphatic carboxylic acids is 1. The van der Waals surface area contributed by atoms with Crippen molar-refractivity contribution in [2.24, 2.45) is 0 Å². The molecule has 18 heavy (non-hydrogen) atoms. The van der Waals surface area contributed by atoms with Crippen LogP contribution in [0.2, 0.25) is 0 Å². The largest absolute Gasteiger partial charge is 0.481 e.